The van der Waals surface area contributed by atoms with E-state index in [1.165, 1.54) is 0 Å². The van der Waals surface area contributed by atoms with Gasteiger partial charge in [0.2, 0.25) is 0 Å². The summed E-state index contributed by atoms with van der Waals surface area (Å²) in [7, 11) is -3.03. The van der Waals surface area contributed by atoms with E-state index in [1.54, 1.807) is 0 Å². The Morgan fingerprint density at radius 3 is 1.00 bits per heavy atom. The highest BCUT2D eigenvalue weighted by molar-refractivity contribution is 6.60. The van der Waals surface area contributed by atoms with Gasteiger partial charge in [0.15, 0.2) is 0 Å². The number of allylic oxidation sites excluding steroid dienone is 6. The summed E-state index contributed by atoms with van der Waals surface area (Å²) in [5.41, 5.74) is 15.1. The second-order valence-corrected chi connectivity index (χ2v) is 9.21. The van der Waals surface area contributed by atoms with Gasteiger partial charge in [-0.15, -0.1) is 0 Å². The second-order valence-electron chi connectivity index (χ2n) is 6.52. The summed E-state index contributed by atoms with van der Waals surface area (Å²) in [5, 5.41) is 0. The normalized spacial score (nSPS) is 10.8. The highest BCUT2D eigenvalue weighted by atomic mass is 28.4. The monoisotopic (exact) mass is 357 g/mol. The largest absolute Gasteiger partial charge is 0.566 e. The summed E-state index contributed by atoms with van der Waals surface area (Å²) in [4.78, 5) is 0. The van der Waals surface area contributed by atoms with Crippen molar-refractivity contribution in [3.63, 3.8) is 0 Å². The van der Waals surface area contributed by atoms with Crippen LogP contribution in [-0.2, 0) is 13.6 Å². The molecule has 0 unspecified atom stereocenters. The Morgan fingerprint density at radius 1 is 0.583 bits per heavy atom. The third kappa shape index (κ3) is 8.01. The minimum atomic E-state index is -3.03. The zero-order valence-corrected chi connectivity index (χ0v) is 17.9. The molecule has 0 aromatic rings. The number of hydrogen-bond acceptors (Lipinski definition) is 6. The summed E-state index contributed by atoms with van der Waals surface area (Å²) < 4.78 is 17.6. The third-order valence-corrected chi connectivity index (χ3v) is 5.87. The molecule has 3 N–H and O–H groups in total. The molecular formula is C17H35N3O3Si. The van der Waals surface area contributed by atoms with Gasteiger partial charge in [-0.05, 0) is 62.3 Å². The summed E-state index contributed by atoms with van der Waals surface area (Å²) in [6, 6.07) is 0.585. The molecule has 0 heterocycles. The van der Waals surface area contributed by atoms with Gasteiger partial charge in [-0.3, -0.25) is 30.0 Å². The lowest BCUT2D eigenvalue weighted by atomic mass is 10.3. The van der Waals surface area contributed by atoms with Crippen molar-refractivity contribution in [3.8, 4) is 0 Å². The maximum absolute atomic E-state index is 5.88. The molecular weight excluding hydrogens is 322 g/mol. The highest BCUT2D eigenvalue weighted by Crippen LogP contribution is 2.15. The number of hydroxylamine groups is 3. The second kappa shape index (κ2) is 10.6. The van der Waals surface area contributed by atoms with E-state index in [9.17, 15) is 0 Å². The van der Waals surface area contributed by atoms with Gasteiger partial charge in [-0.1, -0.05) is 23.6 Å². The van der Waals surface area contributed by atoms with Crippen LogP contribution in [0.25, 0.3) is 0 Å². The maximum Gasteiger partial charge on any atom is 0.566 e. The van der Waals surface area contributed by atoms with Crippen LogP contribution in [0.3, 0.4) is 0 Å². The first-order valence-electron chi connectivity index (χ1n) is 8.29. The molecule has 0 aliphatic rings. The fourth-order valence-electron chi connectivity index (χ4n) is 1.05. The van der Waals surface area contributed by atoms with E-state index in [0.29, 0.717) is 6.04 Å². The fourth-order valence-corrected chi connectivity index (χ4v) is 2.53. The van der Waals surface area contributed by atoms with Crippen LogP contribution < -0.4 is 16.4 Å². The van der Waals surface area contributed by atoms with Crippen LogP contribution in [0.15, 0.2) is 33.8 Å². The quantitative estimate of drug-likeness (QED) is 0.396. The molecule has 24 heavy (non-hydrogen) atoms. The van der Waals surface area contributed by atoms with E-state index in [0.717, 1.165) is 33.8 Å². The van der Waals surface area contributed by atoms with Crippen LogP contribution in [0, 0.1) is 0 Å². The predicted octanol–water partition coefficient (Wildman–Crippen LogP) is 4.45. The van der Waals surface area contributed by atoms with E-state index >= 15 is 0 Å². The van der Waals surface area contributed by atoms with Gasteiger partial charge in [0, 0.05) is 23.1 Å². The Hall–Kier alpha value is -1.28. The summed E-state index contributed by atoms with van der Waals surface area (Å²) in [6.45, 7) is 19.9. The number of hydrogen-bond donors (Lipinski definition) is 3. The smallest absolute Gasteiger partial charge is 0.278 e. The molecule has 0 aromatic carbocycles. The van der Waals surface area contributed by atoms with Crippen molar-refractivity contribution in [1.29, 1.82) is 0 Å². The Kier molecular flexibility index (Phi) is 9.99. The molecule has 140 valence electrons. The first-order chi connectivity index (χ1) is 11.0. The Balaban J connectivity index is 5.23. The maximum atomic E-state index is 5.88. The van der Waals surface area contributed by atoms with Gasteiger partial charge in [-0.25, -0.2) is 0 Å². The van der Waals surface area contributed by atoms with Gasteiger partial charge >= 0.3 is 8.80 Å². The average Bonchev–Trinajstić information content (AvgIpc) is 2.53. The molecule has 0 amide bonds. The number of nitrogens with one attached hydrogen (secondary N) is 3. The van der Waals surface area contributed by atoms with E-state index in [4.69, 9.17) is 13.6 Å². The van der Waals surface area contributed by atoms with E-state index in [2.05, 4.69) is 16.4 Å². The Labute approximate surface area is 148 Å². The van der Waals surface area contributed by atoms with Crippen LogP contribution >= 0.6 is 0 Å². The molecule has 0 aliphatic carbocycles. The predicted molar refractivity (Wildman–Crippen MR) is 101 cm³/mol. The average molecular weight is 358 g/mol. The zero-order valence-electron chi connectivity index (χ0n) is 16.9. The summed E-state index contributed by atoms with van der Waals surface area (Å²) in [6.07, 6.45) is 0. The van der Waals surface area contributed by atoms with Crippen LogP contribution in [0.5, 0.6) is 0 Å². The van der Waals surface area contributed by atoms with E-state index < -0.39 is 8.80 Å². The summed E-state index contributed by atoms with van der Waals surface area (Å²) >= 11 is 0. The van der Waals surface area contributed by atoms with Crippen molar-refractivity contribution in [2.24, 2.45) is 0 Å². The highest BCUT2D eigenvalue weighted by Gasteiger charge is 2.43. The minimum Gasteiger partial charge on any atom is -0.278 e. The lowest BCUT2D eigenvalue weighted by molar-refractivity contribution is -0.0160. The lowest BCUT2D eigenvalue weighted by Crippen LogP contribution is -2.54. The van der Waals surface area contributed by atoms with Crippen molar-refractivity contribution in [2.45, 2.75) is 75.3 Å². The van der Waals surface area contributed by atoms with Gasteiger partial charge < -0.3 is 0 Å². The minimum absolute atomic E-state index is 0.585. The molecule has 0 radical (unpaired) electrons. The molecule has 7 heteroatoms. The van der Waals surface area contributed by atoms with Crippen molar-refractivity contribution in [2.75, 3.05) is 0 Å². The molecule has 0 aliphatic heterocycles. The first kappa shape index (κ1) is 22.7. The molecule has 0 spiro atoms. The topological polar surface area (TPSA) is 63.8 Å². The standard InChI is InChI=1S/C17H35N3O3Si/c1-11-24(21-18-15(8)12(2)3,22-19-16(9)13(4)5)23-20-17(10)14(6)7/h18-20H,11H2,1-10H3. The summed E-state index contributed by atoms with van der Waals surface area (Å²) in [5.74, 6) is 0. The zero-order chi connectivity index (χ0) is 18.9. The van der Waals surface area contributed by atoms with Gasteiger partial charge in [0.1, 0.15) is 0 Å². The molecule has 0 bridgehead atoms. The van der Waals surface area contributed by atoms with Crippen LogP contribution in [-0.4, -0.2) is 8.80 Å². The van der Waals surface area contributed by atoms with Crippen molar-refractivity contribution in [3.05, 3.63) is 33.8 Å². The Bertz CT molecular complexity index is 432. The Morgan fingerprint density at radius 2 is 0.833 bits per heavy atom. The molecule has 0 saturated carbocycles. The van der Waals surface area contributed by atoms with Crippen LogP contribution in [0.2, 0.25) is 6.04 Å². The molecule has 0 saturated heterocycles. The van der Waals surface area contributed by atoms with Gasteiger partial charge in [0.25, 0.3) is 0 Å². The van der Waals surface area contributed by atoms with Crippen molar-refractivity contribution in [1.82, 2.24) is 16.4 Å². The van der Waals surface area contributed by atoms with Gasteiger partial charge in [0.05, 0.1) is 0 Å². The van der Waals surface area contributed by atoms with Crippen molar-refractivity contribution < 1.29 is 13.6 Å². The molecule has 0 aromatic heterocycles. The first-order valence-corrected chi connectivity index (χ1v) is 10.2. The molecule has 0 fully saturated rings. The van der Waals surface area contributed by atoms with Gasteiger partial charge in [-0.2, -0.15) is 0 Å². The van der Waals surface area contributed by atoms with Crippen molar-refractivity contribution >= 4 is 8.80 Å². The van der Waals surface area contributed by atoms with E-state index in [-0.39, 0.29) is 0 Å². The van der Waals surface area contributed by atoms with Crippen LogP contribution in [0.4, 0.5) is 0 Å². The number of rotatable bonds is 10. The third-order valence-electron chi connectivity index (χ3n) is 3.76. The van der Waals surface area contributed by atoms with E-state index in [1.807, 2.05) is 69.2 Å². The molecule has 6 nitrogen and oxygen atoms in total. The molecule has 0 atom stereocenters. The SMILES string of the molecule is CC[Si](ONC(C)=C(C)C)(ONC(C)=C(C)C)ONC(C)=C(C)C. The lowest BCUT2D eigenvalue weighted by Gasteiger charge is -2.29. The fraction of sp³-hybridized carbons (Fsp3) is 0.647. The van der Waals surface area contributed by atoms with Crippen LogP contribution in [0.1, 0.15) is 69.2 Å². The molecule has 0 rings (SSSR count).